The van der Waals surface area contributed by atoms with Gasteiger partial charge in [0.25, 0.3) is 6.09 Å². The largest absolute Gasteiger partial charge is 0.339 e. The highest BCUT2D eigenvalue weighted by Crippen LogP contribution is 2.31. The summed E-state index contributed by atoms with van der Waals surface area (Å²) in [5, 5.41) is 9.33. The van der Waals surface area contributed by atoms with E-state index < -0.39 is 6.09 Å². The summed E-state index contributed by atoms with van der Waals surface area (Å²) in [6.07, 6.45) is -0.629. The van der Waals surface area contributed by atoms with Gasteiger partial charge in [-0.05, 0) is 17.5 Å². The second kappa shape index (κ2) is 5.03. The molecule has 0 radical (unpaired) electrons. The van der Waals surface area contributed by atoms with Crippen LogP contribution >= 0.6 is 11.5 Å². The number of nitrogens with zero attached hydrogens (tertiary/aromatic N) is 4. The third-order valence-electron chi connectivity index (χ3n) is 1.92. The second-order valence-corrected chi connectivity index (χ2v) is 4.54. The summed E-state index contributed by atoms with van der Waals surface area (Å²) in [7, 11) is 3.10. The minimum atomic E-state index is -0.629. The Morgan fingerprint density at radius 1 is 1.56 bits per heavy atom. The SMILES string of the molecule is CC(C)c1nsc(/N=C(/F)N(C)C)c1C#N. The topological polar surface area (TPSA) is 52.3 Å². The fourth-order valence-electron chi connectivity index (χ4n) is 1.05. The maximum atomic E-state index is 13.3. The van der Waals surface area contributed by atoms with Gasteiger partial charge < -0.3 is 4.90 Å². The number of rotatable bonds is 2. The van der Waals surface area contributed by atoms with Crippen LogP contribution in [0.4, 0.5) is 9.39 Å². The standard InChI is InChI=1S/C10H13FN4S/c1-6(2)8-7(5-12)9(16-14-8)13-10(11)15(3)4/h6H,1-4H3/b13-10-. The van der Waals surface area contributed by atoms with Crippen LogP contribution in [-0.2, 0) is 0 Å². The minimum Gasteiger partial charge on any atom is -0.339 e. The molecule has 1 aromatic heterocycles. The van der Waals surface area contributed by atoms with Crippen molar-refractivity contribution in [2.24, 2.45) is 4.99 Å². The lowest BCUT2D eigenvalue weighted by atomic mass is 10.1. The van der Waals surface area contributed by atoms with Crippen molar-refractivity contribution >= 4 is 22.6 Å². The van der Waals surface area contributed by atoms with Crippen LogP contribution in [0.15, 0.2) is 4.99 Å². The Hall–Kier alpha value is -1.48. The highest BCUT2D eigenvalue weighted by molar-refractivity contribution is 7.10. The smallest absolute Gasteiger partial charge is 0.285 e. The van der Waals surface area contributed by atoms with Crippen molar-refractivity contribution in [3.8, 4) is 6.07 Å². The quantitative estimate of drug-likeness (QED) is 0.453. The van der Waals surface area contributed by atoms with E-state index in [2.05, 4.69) is 9.37 Å². The van der Waals surface area contributed by atoms with Crippen LogP contribution in [0.2, 0.25) is 0 Å². The molecule has 4 nitrogen and oxygen atoms in total. The van der Waals surface area contributed by atoms with Gasteiger partial charge in [-0.3, -0.25) is 0 Å². The number of hydrogen-bond acceptors (Lipinski definition) is 4. The molecule has 16 heavy (non-hydrogen) atoms. The van der Waals surface area contributed by atoms with Gasteiger partial charge in [-0.25, -0.2) is 0 Å². The molecular weight excluding hydrogens is 227 g/mol. The lowest BCUT2D eigenvalue weighted by molar-refractivity contribution is 0.530. The molecular formula is C10H13FN4S. The lowest BCUT2D eigenvalue weighted by Gasteiger charge is -2.05. The zero-order valence-electron chi connectivity index (χ0n) is 9.65. The second-order valence-electron chi connectivity index (χ2n) is 3.79. The van der Waals surface area contributed by atoms with Crippen molar-refractivity contribution < 1.29 is 4.39 Å². The molecule has 0 atom stereocenters. The molecule has 0 amide bonds. The van der Waals surface area contributed by atoms with Crippen LogP contribution < -0.4 is 0 Å². The molecule has 1 aromatic rings. The molecule has 0 aliphatic heterocycles. The van der Waals surface area contributed by atoms with Crippen LogP contribution in [0.5, 0.6) is 0 Å². The fraction of sp³-hybridized carbons (Fsp3) is 0.500. The Morgan fingerprint density at radius 2 is 2.19 bits per heavy atom. The predicted molar refractivity (Wildman–Crippen MR) is 62.8 cm³/mol. The van der Waals surface area contributed by atoms with Gasteiger partial charge in [-0.2, -0.15) is 19.0 Å². The maximum absolute atomic E-state index is 13.3. The van der Waals surface area contributed by atoms with Crippen molar-refractivity contribution in [3.05, 3.63) is 11.3 Å². The third-order valence-corrected chi connectivity index (χ3v) is 2.68. The molecule has 0 aliphatic rings. The number of aromatic nitrogens is 1. The first-order valence-electron chi connectivity index (χ1n) is 4.78. The number of aliphatic imine (C=N–C) groups is 1. The number of amidine groups is 1. The fourth-order valence-corrected chi connectivity index (χ4v) is 1.90. The van der Waals surface area contributed by atoms with Crippen LogP contribution in [0.25, 0.3) is 0 Å². The van der Waals surface area contributed by atoms with Crippen molar-refractivity contribution in [3.63, 3.8) is 0 Å². The molecule has 0 saturated heterocycles. The monoisotopic (exact) mass is 240 g/mol. The van der Waals surface area contributed by atoms with Gasteiger partial charge in [0.2, 0.25) is 0 Å². The molecule has 0 aliphatic carbocycles. The summed E-state index contributed by atoms with van der Waals surface area (Å²) in [5.41, 5.74) is 1.05. The van der Waals surface area contributed by atoms with E-state index in [1.54, 1.807) is 14.1 Å². The summed E-state index contributed by atoms with van der Waals surface area (Å²) in [5.74, 6) is 0.136. The first-order chi connectivity index (χ1) is 7.47. The molecule has 1 heterocycles. The number of hydrogen-bond donors (Lipinski definition) is 0. The summed E-state index contributed by atoms with van der Waals surface area (Å²) in [6.45, 7) is 3.87. The summed E-state index contributed by atoms with van der Waals surface area (Å²) in [6, 6.07) is 2.03. The molecule has 0 fully saturated rings. The number of nitriles is 1. The first-order valence-corrected chi connectivity index (χ1v) is 5.55. The molecule has 86 valence electrons. The Bertz CT molecular complexity index is 442. The van der Waals surface area contributed by atoms with Gasteiger partial charge in [-0.15, -0.1) is 0 Å². The van der Waals surface area contributed by atoms with Gasteiger partial charge in [0.05, 0.1) is 5.69 Å². The zero-order chi connectivity index (χ0) is 12.3. The third kappa shape index (κ3) is 2.55. The van der Waals surface area contributed by atoms with E-state index in [-0.39, 0.29) is 5.92 Å². The van der Waals surface area contributed by atoms with Gasteiger partial charge in [0.1, 0.15) is 11.6 Å². The molecule has 0 saturated carbocycles. The van der Waals surface area contributed by atoms with E-state index in [1.807, 2.05) is 19.9 Å². The summed E-state index contributed by atoms with van der Waals surface area (Å²) in [4.78, 5) is 4.99. The average molecular weight is 240 g/mol. The summed E-state index contributed by atoms with van der Waals surface area (Å²) >= 11 is 1.05. The van der Waals surface area contributed by atoms with E-state index in [0.717, 1.165) is 11.5 Å². The molecule has 1 rings (SSSR count). The maximum Gasteiger partial charge on any atom is 0.285 e. The van der Waals surface area contributed by atoms with Crippen molar-refractivity contribution in [2.45, 2.75) is 19.8 Å². The Kier molecular flexibility index (Phi) is 3.96. The van der Waals surface area contributed by atoms with Crippen LogP contribution in [0, 0.1) is 11.3 Å². The van der Waals surface area contributed by atoms with E-state index in [4.69, 9.17) is 5.26 Å². The van der Waals surface area contributed by atoms with Crippen molar-refractivity contribution in [1.82, 2.24) is 9.27 Å². The van der Waals surface area contributed by atoms with Gasteiger partial charge >= 0.3 is 0 Å². The molecule has 0 spiro atoms. The Morgan fingerprint density at radius 3 is 2.62 bits per heavy atom. The molecule has 6 heteroatoms. The highest BCUT2D eigenvalue weighted by atomic mass is 32.1. The highest BCUT2D eigenvalue weighted by Gasteiger charge is 2.16. The normalized spacial score (nSPS) is 11.7. The Balaban J connectivity index is 3.18. The van der Waals surface area contributed by atoms with Crippen LogP contribution in [0.1, 0.15) is 31.0 Å². The molecule has 0 N–H and O–H groups in total. The lowest BCUT2D eigenvalue weighted by Crippen LogP contribution is -2.16. The molecule has 0 unspecified atom stereocenters. The average Bonchev–Trinajstić information content (AvgIpc) is 2.60. The van der Waals surface area contributed by atoms with Gasteiger partial charge in [0.15, 0.2) is 5.00 Å². The minimum absolute atomic E-state index is 0.136. The van der Waals surface area contributed by atoms with Crippen molar-refractivity contribution in [1.29, 1.82) is 5.26 Å². The predicted octanol–water partition coefficient (Wildman–Crippen LogP) is 2.66. The number of halogens is 1. The molecule has 0 aromatic carbocycles. The van der Waals surface area contributed by atoms with E-state index in [9.17, 15) is 4.39 Å². The van der Waals surface area contributed by atoms with Crippen LogP contribution in [-0.4, -0.2) is 29.5 Å². The van der Waals surface area contributed by atoms with E-state index >= 15 is 0 Å². The zero-order valence-corrected chi connectivity index (χ0v) is 10.5. The molecule has 0 bridgehead atoms. The van der Waals surface area contributed by atoms with Crippen LogP contribution in [0.3, 0.4) is 0 Å². The first kappa shape index (κ1) is 12.6. The van der Waals surface area contributed by atoms with E-state index in [1.165, 1.54) is 4.90 Å². The Labute approximate surface area is 98.2 Å². The van der Waals surface area contributed by atoms with Crippen molar-refractivity contribution in [2.75, 3.05) is 14.1 Å². The van der Waals surface area contributed by atoms with Gasteiger partial charge in [-0.1, -0.05) is 13.8 Å². The summed E-state index contributed by atoms with van der Waals surface area (Å²) < 4.78 is 17.4. The van der Waals surface area contributed by atoms with Gasteiger partial charge in [0, 0.05) is 14.1 Å². The van der Waals surface area contributed by atoms with E-state index in [0.29, 0.717) is 16.3 Å².